The van der Waals surface area contributed by atoms with Gasteiger partial charge in [0.2, 0.25) is 0 Å². The maximum Gasteiger partial charge on any atom is 0.283 e. The van der Waals surface area contributed by atoms with Crippen LogP contribution in [0.1, 0.15) is 55.0 Å². The Labute approximate surface area is 182 Å². The van der Waals surface area contributed by atoms with Crippen molar-refractivity contribution in [3.8, 4) is 6.07 Å². The van der Waals surface area contributed by atoms with Gasteiger partial charge >= 0.3 is 0 Å². The summed E-state index contributed by atoms with van der Waals surface area (Å²) in [7, 11) is 0. The maximum atomic E-state index is 12.9. The molecular weight excluding hydrogens is 398 g/mol. The molecule has 1 aliphatic heterocycles. The summed E-state index contributed by atoms with van der Waals surface area (Å²) >= 11 is 1.60. The Kier molecular flexibility index (Phi) is 6.71. The van der Waals surface area contributed by atoms with Crippen molar-refractivity contribution in [3.05, 3.63) is 16.0 Å². The summed E-state index contributed by atoms with van der Waals surface area (Å²) in [5.74, 6) is 0.149. The fourth-order valence-corrected chi connectivity index (χ4v) is 5.87. The van der Waals surface area contributed by atoms with E-state index in [0.717, 1.165) is 75.3 Å². The van der Waals surface area contributed by atoms with Gasteiger partial charge in [0.25, 0.3) is 11.8 Å². The Hall–Kier alpha value is -1.95. The van der Waals surface area contributed by atoms with Gasteiger partial charge in [-0.15, -0.1) is 11.3 Å². The Bertz CT molecular complexity index is 833. The minimum absolute atomic E-state index is 0.00663. The van der Waals surface area contributed by atoms with Crippen LogP contribution in [0.4, 0.5) is 5.00 Å². The number of fused-ring (bicyclic) bond motifs is 1. The molecule has 1 saturated carbocycles. The molecule has 0 aromatic carbocycles. The Morgan fingerprint density at radius 1 is 1.17 bits per heavy atom. The van der Waals surface area contributed by atoms with Gasteiger partial charge < -0.3 is 20.4 Å². The molecule has 0 bridgehead atoms. The molecule has 0 unspecified atom stereocenters. The predicted molar refractivity (Wildman–Crippen MR) is 116 cm³/mol. The first kappa shape index (κ1) is 21.3. The van der Waals surface area contributed by atoms with Gasteiger partial charge in [0, 0.05) is 10.9 Å². The van der Waals surface area contributed by atoms with Crippen LogP contribution in [-0.2, 0) is 22.4 Å². The van der Waals surface area contributed by atoms with Gasteiger partial charge in [0.15, 0.2) is 12.6 Å². The number of nitriles is 1. The molecule has 0 spiro atoms. The number of hydrogen-bond donors (Lipinski definition) is 4. The second kappa shape index (κ2) is 9.46. The third kappa shape index (κ3) is 5.02. The zero-order valence-corrected chi connectivity index (χ0v) is 18.6. The molecule has 2 aliphatic carbocycles. The molecule has 4 rings (SSSR count). The normalized spacial score (nSPS) is 24.8. The number of hydrogen-bond acceptors (Lipinski definition) is 4. The number of nitrogens with zero attached hydrogens (tertiary/aromatic N) is 1. The molecule has 2 amide bonds. The minimum Gasteiger partial charge on any atom is -0.348 e. The van der Waals surface area contributed by atoms with E-state index in [0.29, 0.717) is 18.2 Å². The zero-order valence-electron chi connectivity index (χ0n) is 17.8. The molecular formula is C22H33N5O2S+2. The highest BCUT2D eigenvalue weighted by molar-refractivity contribution is 7.16. The minimum atomic E-state index is -0.166. The van der Waals surface area contributed by atoms with E-state index in [1.807, 2.05) is 6.92 Å². The van der Waals surface area contributed by atoms with Crippen LogP contribution in [-0.4, -0.2) is 56.6 Å². The van der Waals surface area contributed by atoms with Crippen molar-refractivity contribution >= 4 is 28.2 Å². The van der Waals surface area contributed by atoms with Gasteiger partial charge in [-0.2, -0.15) is 5.26 Å². The molecule has 3 aliphatic rings. The second-order valence-electron chi connectivity index (χ2n) is 9.02. The van der Waals surface area contributed by atoms with Crippen molar-refractivity contribution in [1.29, 1.82) is 5.26 Å². The van der Waals surface area contributed by atoms with Gasteiger partial charge in [-0.25, -0.2) is 0 Å². The molecule has 0 radical (unpaired) electrons. The van der Waals surface area contributed by atoms with Crippen LogP contribution in [0.25, 0.3) is 0 Å². The summed E-state index contributed by atoms with van der Waals surface area (Å²) in [5, 5.41) is 16.6. The van der Waals surface area contributed by atoms with Crippen molar-refractivity contribution in [2.45, 2.75) is 64.0 Å². The third-order valence-corrected chi connectivity index (χ3v) is 7.94. The number of carbonyl (C=O) groups excluding carboxylic acids is 2. The highest BCUT2D eigenvalue weighted by Crippen LogP contribution is 2.36. The van der Waals surface area contributed by atoms with Crippen molar-refractivity contribution in [1.82, 2.24) is 5.32 Å². The van der Waals surface area contributed by atoms with E-state index in [1.165, 1.54) is 21.1 Å². The van der Waals surface area contributed by atoms with E-state index in [9.17, 15) is 14.9 Å². The Morgan fingerprint density at radius 2 is 1.90 bits per heavy atom. The lowest BCUT2D eigenvalue weighted by molar-refractivity contribution is -1.01. The number of carbonyl (C=O) groups is 2. The first-order chi connectivity index (χ1) is 14.5. The van der Waals surface area contributed by atoms with E-state index < -0.39 is 0 Å². The molecule has 8 heteroatoms. The van der Waals surface area contributed by atoms with Crippen LogP contribution in [0, 0.1) is 11.3 Å². The summed E-state index contributed by atoms with van der Waals surface area (Å²) in [6, 6.07) is 2.59. The molecule has 1 aromatic rings. The molecule has 30 heavy (non-hydrogen) atoms. The van der Waals surface area contributed by atoms with Gasteiger partial charge in [-0.1, -0.05) is 6.42 Å². The average molecular weight is 432 g/mol. The number of anilines is 1. The quantitative estimate of drug-likeness (QED) is 0.448. The van der Waals surface area contributed by atoms with E-state index in [4.69, 9.17) is 0 Å². The second-order valence-corrected chi connectivity index (χ2v) is 10.1. The lowest BCUT2D eigenvalue weighted by Gasteiger charge is -2.32. The van der Waals surface area contributed by atoms with Gasteiger partial charge in [-0.05, 0) is 51.0 Å². The van der Waals surface area contributed by atoms with Crippen LogP contribution < -0.4 is 20.4 Å². The van der Waals surface area contributed by atoms with Crippen LogP contribution in [0.2, 0.25) is 0 Å². The van der Waals surface area contributed by atoms with E-state index in [-0.39, 0.29) is 17.9 Å². The van der Waals surface area contributed by atoms with Crippen molar-refractivity contribution in [2.75, 3.05) is 38.0 Å². The predicted octanol–water partition coefficient (Wildman–Crippen LogP) is -0.722. The van der Waals surface area contributed by atoms with E-state index in [2.05, 4.69) is 16.7 Å². The standard InChI is InChI=1S/C22H31N5O2S/c1-15(27-11-9-26(10-12-27)14-20(28)24-16-7-8-16)21(29)25-22-18(13-23)17-5-3-2-4-6-19(17)30-22/h15-16H,2-12,14H2,1H3,(H,24,28)(H,25,29)/p+2/t15-/m1/s1. The van der Waals surface area contributed by atoms with Crippen LogP contribution in [0.15, 0.2) is 0 Å². The first-order valence-electron chi connectivity index (χ1n) is 11.4. The lowest BCUT2D eigenvalue weighted by Crippen LogP contribution is -3.30. The molecule has 4 N–H and O–H groups in total. The van der Waals surface area contributed by atoms with Crippen molar-refractivity contribution in [3.63, 3.8) is 0 Å². The lowest BCUT2D eigenvalue weighted by atomic mass is 10.1. The Balaban J connectivity index is 1.30. The summed E-state index contributed by atoms with van der Waals surface area (Å²) < 4.78 is 0. The smallest absolute Gasteiger partial charge is 0.283 e. The van der Waals surface area contributed by atoms with Crippen molar-refractivity contribution in [2.24, 2.45) is 0 Å². The zero-order chi connectivity index (χ0) is 21.1. The maximum absolute atomic E-state index is 12.9. The fraction of sp³-hybridized carbons (Fsp3) is 0.682. The van der Waals surface area contributed by atoms with Gasteiger partial charge in [0.05, 0.1) is 5.56 Å². The molecule has 2 heterocycles. The summed E-state index contributed by atoms with van der Waals surface area (Å²) in [4.78, 5) is 28.8. The average Bonchev–Trinajstić information content (AvgIpc) is 3.52. The number of nitrogens with one attached hydrogen (secondary N) is 4. The Morgan fingerprint density at radius 3 is 2.60 bits per heavy atom. The van der Waals surface area contributed by atoms with Crippen LogP contribution in [0.5, 0.6) is 0 Å². The monoisotopic (exact) mass is 431 g/mol. The number of quaternary nitrogens is 2. The highest BCUT2D eigenvalue weighted by Gasteiger charge is 2.33. The van der Waals surface area contributed by atoms with Gasteiger partial charge in [0.1, 0.15) is 37.2 Å². The molecule has 1 atom stereocenters. The first-order valence-corrected chi connectivity index (χ1v) is 12.2. The third-order valence-electron chi connectivity index (χ3n) is 6.73. The number of aryl methyl sites for hydroxylation is 1. The molecule has 1 saturated heterocycles. The topological polar surface area (TPSA) is 90.9 Å². The summed E-state index contributed by atoms with van der Waals surface area (Å²) in [6.07, 6.45) is 7.70. The fourth-order valence-electron chi connectivity index (χ4n) is 4.62. The highest BCUT2D eigenvalue weighted by atomic mass is 32.1. The number of thiophene rings is 1. The number of rotatable bonds is 6. The summed E-state index contributed by atoms with van der Waals surface area (Å²) in [6.45, 7) is 6.08. The largest absolute Gasteiger partial charge is 0.348 e. The molecule has 162 valence electrons. The number of piperazine rings is 1. The number of amides is 2. The van der Waals surface area contributed by atoms with Crippen LogP contribution >= 0.6 is 11.3 Å². The van der Waals surface area contributed by atoms with Gasteiger partial charge in [-0.3, -0.25) is 9.59 Å². The van der Waals surface area contributed by atoms with Crippen molar-refractivity contribution < 1.29 is 19.4 Å². The molecule has 1 aromatic heterocycles. The summed E-state index contributed by atoms with van der Waals surface area (Å²) in [5.41, 5.74) is 1.85. The molecule has 7 nitrogen and oxygen atoms in total. The van der Waals surface area contributed by atoms with E-state index >= 15 is 0 Å². The SMILES string of the molecule is C[C@H](C(=O)Nc1sc2c(c1C#N)CCCCC2)[NH+]1CC[NH+](CC(=O)NC2CC2)CC1. The molecule has 2 fully saturated rings. The van der Waals surface area contributed by atoms with E-state index in [1.54, 1.807) is 11.3 Å². The van der Waals surface area contributed by atoms with Crippen LogP contribution in [0.3, 0.4) is 0 Å².